The minimum absolute atomic E-state index is 0.0330. The molecule has 1 saturated carbocycles. The Kier molecular flexibility index (Phi) is 4.99. The van der Waals surface area contributed by atoms with Crippen LogP contribution in [0, 0.1) is 13.8 Å². The van der Waals surface area contributed by atoms with E-state index in [4.69, 9.17) is 0 Å². The number of hydrogen-bond donors (Lipinski definition) is 1. The van der Waals surface area contributed by atoms with Crippen molar-refractivity contribution < 1.29 is 4.79 Å². The molecule has 3 aromatic rings. The van der Waals surface area contributed by atoms with Crippen molar-refractivity contribution in [3.63, 3.8) is 0 Å². The standard InChI is InChI=1S/C21H22N4OS/c1-14-8-6-7-11-18(14)25-15(2)23-24-21(25)27-19(16-9-4-3-5-10-16)20(26)22-17-12-13-17/h3-11,17,19H,12-13H2,1-2H3,(H,22,26). The summed E-state index contributed by atoms with van der Waals surface area (Å²) in [6, 6.07) is 18.3. The molecule has 1 amide bonds. The lowest BCUT2D eigenvalue weighted by Gasteiger charge is -2.18. The Morgan fingerprint density at radius 3 is 2.48 bits per heavy atom. The molecule has 1 heterocycles. The van der Waals surface area contributed by atoms with Gasteiger partial charge in [0.2, 0.25) is 5.91 Å². The van der Waals surface area contributed by atoms with Crippen LogP contribution in [0.5, 0.6) is 0 Å². The predicted molar refractivity (Wildman–Crippen MR) is 107 cm³/mol. The summed E-state index contributed by atoms with van der Waals surface area (Å²) >= 11 is 1.45. The van der Waals surface area contributed by atoms with Crippen LogP contribution in [-0.2, 0) is 4.79 Å². The van der Waals surface area contributed by atoms with Gasteiger partial charge in [-0.05, 0) is 43.9 Å². The van der Waals surface area contributed by atoms with Gasteiger partial charge in [0.25, 0.3) is 0 Å². The number of nitrogens with one attached hydrogen (secondary N) is 1. The van der Waals surface area contributed by atoms with Gasteiger partial charge in [-0.15, -0.1) is 10.2 Å². The molecule has 0 spiro atoms. The lowest BCUT2D eigenvalue weighted by Crippen LogP contribution is -2.30. The molecule has 1 fully saturated rings. The molecule has 27 heavy (non-hydrogen) atoms. The minimum atomic E-state index is -0.363. The molecule has 4 rings (SSSR count). The van der Waals surface area contributed by atoms with E-state index in [2.05, 4.69) is 34.6 Å². The van der Waals surface area contributed by atoms with E-state index in [0.717, 1.165) is 40.6 Å². The van der Waals surface area contributed by atoms with Crippen LogP contribution in [0.2, 0.25) is 0 Å². The number of rotatable bonds is 6. The first kappa shape index (κ1) is 17.8. The monoisotopic (exact) mass is 378 g/mol. The number of thioether (sulfide) groups is 1. The van der Waals surface area contributed by atoms with Crippen LogP contribution in [0.4, 0.5) is 0 Å². The first-order chi connectivity index (χ1) is 13.1. The number of aromatic nitrogens is 3. The predicted octanol–water partition coefficient (Wildman–Crippen LogP) is 4.00. The molecule has 1 aliphatic rings. The molecule has 6 heteroatoms. The Bertz CT molecular complexity index is 950. The third-order valence-electron chi connectivity index (χ3n) is 4.64. The fraction of sp³-hybridized carbons (Fsp3) is 0.286. The van der Waals surface area contributed by atoms with E-state index in [1.807, 2.05) is 54.0 Å². The van der Waals surface area contributed by atoms with Crippen molar-refractivity contribution in [1.82, 2.24) is 20.1 Å². The van der Waals surface area contributed by atoms with Crippen LogP contribution in [0.15, 0.2) is 59.8 Å². The van der Waals surface area contributed by atoms with Crippen molar-refractivity contribution in [2.45, 2.75) is 43.1 Å². The smallest absolute Gasteiger partial charge is 0.238 e. The zero-order chi connectivity index (χ0) is 18.8. The SMILES string of the molecule is Cc1ccccc1-n1c(C)nnc1SC(C(=O)NC1CC1)c1ccccc1. The molecule has 1 atom stereocenters. The second-order valence-corrected chi connectivity index (χ2v) is 7.92. The number of carbonyl (C=O) groups is 1. The normalized spacial score (nSPS) is 14.7. The summed E-state index contributed by atoms with van der Waals surface area (Å²) in [6.45, 7) is 4.00. The first-order valence-corrected chi connectivity index (χ1v) is 10.0. The maximum Gasteiger partial charge on any atom is 0.238 e. The summed E-state index contributed by atoms with van der Waals surface area (Å²) in [5.41, 5.74) is 3.15. The van der Waals surface area contributed by atoms with Crippen molar-refractivity contribution in [1.29, 1.82) is 0 Å². The van der Waals surface area contributed by atoms with Crippen molar-refractivity contribution in [3.05, 3.63) is 71.5 Å². The lowest BCUT2D eigenvalue weighted by molar-refractivity contribution is -0.120. The van der Waals surface area contributed by atoms with Crippen molar-refractivity contribution in [2.24, 2.45) is 0 Å². The van der Waals surface area contributed by atoms with E-state index in [9.17, 15) is 4.79 Å². The number of amides is 1. The Balaban J connectivity index is 1.70. The van der Waals surface area contributed by atoms with Crippen LogP contribution in [0.3, 0.4) is 0 Å². The van der Waals surface area contributed by atoms with Gasteiger partial charge >= 0.3 is 0 Å². The average molecular weight is 379 g/mol. The quantitative estimate of drug-likeness (QED) is 0.659. The van der Waals surface area contributed by atoms with Crippen LogP contribution in [-0.4, -0.2) is 26.7 Å². The molecular formula is C21H22N4OS. The third-order valence-corrected chi connectivity index (χ3v) is 5.84. The zero-order valence-corrected chi connectivity index (χ0v) is 16.2. The number of para-hydroxylation sites is 1. The van der Waals surface area contributed by atoms with E-state index >= 15 is 0 Å². The Morgan fingerprint density at radius 2 is 1.78 bits per heavy atom. The second-order valence-electron chi connectivity index (χ2n) is 6.84. The summed E-state index contributed by atoms with van der Waals surface area (Å²) in [5, 5.41) is 12.1. The number of hydrogen-bond acceptors (Lipinski definition) is 4. The van der Waals surface area contributed by atoms with E-state index in [-0.39, 0.29) is 11.2 Å². The van der Waals surface area contributed by atoms with E-state index < -0.39 is 0 Å². The van der Waals surface area contributed by atoms with Gasteiger partial charge in [0.1, 0.15) is 11.1 Å². The van der Waals surface area contributed by atoms with E-state index in [0.29, 0.717) is 6.04 Å². The Labute approximate surface area is 163 Å². The molecule has 0 aliphatic heterocycles. The summed E-state index contributed by atoms with van der Waals surface area (Å²) in [4.78, 5) is 12.9. The van der Waals surface area contributed by atoms with Gasteiger partial charge in [0.15, 0.2) is 5.16 Å². The second kappa shape index (κ2) is 7.56. The van der Waals surface area contributed by atoms with Gasteiger partial charge in [-0.25, -0.2) is 0 Å². The Hall–Kier alpha value is -2.60. The summed E-state index contributed by atoms with van der Waals surface area (Å²) < 4.78 is 2.03. The van der Waals surface area contributed by atoms with Gasteiger partial charge in [0.05, 0.1) is 5.69 Å². The maximum atomic E-state index is 12.9. The molecule has 0 radical (unpaired) electrons. The van der Waals surface area contributed by atoms with Gasteiger partial charge in [-0.3, -0.25) is 9.36 Å². The molecule has 5 nitrogen and oxygen atoms in total. The molecule has 1 aromatic heterocycles. The zero-order valence-electron chi connectivity index (χ0n) is 15.4. The Morgan fingerprint density at radius 1 is 1.07 bits per heavy atom. The lowest BCUT2D eigenvalue weighted by atomic mass is 10.1. The van der Waals surface area contributed by atoms with Crippen molar-refractivity contribution in [3.8, 4) is 5.69 Å². The largest absolute Gasteiger partial charge is 0.352 e. The first-order valence-electron chi connectivity index (χ1n) is 9.13. The topological polar surface area (TPSA) is 59.8 Å². The van der Waals surface area contributed by atoms with Gasteiger partial charge in [0, 0.05) is 6.04 Å². The molecule has 1 aliphatic carbocycles. The van der Waals surface area contributed by atoms with E-state index in [1.165, 1.54) is 11.8 Å². The molecule has 1 N–H and O–H groups in total. The van der Waals surface area contributed by atoms with Crippen LogP contribution in [0.1, 0.15) is 35.0 Å². The van der Waals surface area contributed by atoms with Gasteiger partial charge in [-0.2, -0.15) is 0 Å². The highest BCUT2D eigenvalue weighted by Crippen LogP contribution is 2.37. The van der Waals surface area contributed by atoms with Gasteiger partial charge < -0.3 is 5.32 Å². The highest BCUT2D eigenvalue weighted by atomic mass is 32.2. The number of aryl methyl sites for hydroxylation is 2. The maximum absolute atomic E-state index is 12.9. The summed E-state index contributed by atoms with van der Waals surface area (Å²) in [7, 11) is 0. The third kappa shape index (κ3) is 3.90. The number of carbonyl (C=O) groups excluding carboxylic acids is 1. The van der Waals surface area contributed by atoms with Crippen LogP contribution in [0.25, 0.3) is 5.69 Å². The molecule has 1 unspecified atom stereocenters. The molecule has 0 bridgehead atoms. The highest BCUT2D eigenvalue weighted by molar-refractivity contribution is 8.00. The fourth-order valence-corrected chi connectivity index (χ4v) is 4.12. The number of benzene rings is 2. The summed E-state index contributed by atoms with van der Waals surface area (Å²) in [5.74, 6) is 0.840. The highest BCUT2D eigenvalue weighted by Gasteiger charge is 2.30. The van der Waals surface area contributed by atoms with Crippen molar-refractivity contribution in [2.75, 3.05) is 0 Å². The molecule has 2 aromatic carbocycles. The van der Waals surface area contributed by atoms with Crippen LogP contribution >= 0.6 is 11.8 Å². The molecule has 0 saturated heterocycles. The fourth-order valence-electron chi connectivity index (χ4n) is 3.02. The minimum Gasteiger partial charge on any atom is -0.352 e. The van der Waals surface area contributed by atoms with Crippen molar-refractivity contribution >= 4 is 17.7 Å². The average Bonchev–Trinajstić information content (AvgIpc) is 3.42. The van der Waals surface area contributed by atoms with Crippen LogP contribution < -0.4 is 5.32 Å². The molecular weight excluding hydrogens is 356 g/mol. The van der Waals surface area contributed by atoms with Gasteiger partial charge in [-0.1, -0.05) is 60.3 Å². The molecule has 138 valence electrons. The number of nitrogens with zero attached hydrogens (tertiary/aromatic N) is 3. The summed E-state index contributed by atoms with van der Waals surface area (Å²) in [6.07, 6.45) is 2.13. The van der Waals surface area contributed by atoms with E-state index in [1.54, 1.807) is 0 Å².